The normalized spacial score (nSPS) is 13.8. The van der Waals surface area contributed by atoms with E-state index in [0.717, 1.165) is 15.8 Å². The van der Waals surface area contributed by atoms with Gasteiger partial charge in [-0.1, -0.05) is 23.4 Å². The van der Waals surface area contributed by atoms with Gasteiger partial charge in [0.2, 0.25) is 5.89 Å². The third kappa shape index (κ3) is 3.98. The van der Waals surface area contributed by atoms with Crippen molar-refractivity contribution < 1.29 is 18.8 Å². The number of halogens is 1. The Labute approximate surface area is 176 Å². The van der Waals surface area contributed by atoms with E-state index in [1.807, 2.05) is 36.4 Å². The Balaban J connectivity index is 1.40. The molecule has 0 spiro atoms. The highest BCUT2D eigenvalue weighted by Crippen LogP contribution is 2.31. The molecule has 29 heavy (non-hydrogen) atoms. The summed E-state index contributed by atoms with van der Waals surface area (Å²) in [5.41, 5.74) is 1.57. The van der Waals surface area contributed by atoms with Gasteiger partial charge in [0.15, 0.2) is 5.82 Å². The molecule has 1 fully saturated rings. The van der Waals surface area contributed by atoms with Crippen LogP contribution in [0.3, 0.4) is 0 Å². The first-order valence-electron chi connectivity index (χ1n) is 9.16. The van der Waals surface area contributed by atoms with Crippen molar-refractivity contribution in [3.63, 3.8) is 0 Å². The molecule has 3 aromatic rings. The molecule has 2 heterocycles. The molecule has 0 N–H and O–H groups in total. The van der Waals surface area contributed by atoms with Gasteiger partial charge in [0.05, 0.1) is 25.7 Å². The molecule has 1 amide bonds. The van der Waals surface area contributed by atoms with Crippen LogP contribution in [-0.4, -0.2) is 48.3 Å². The maximum atomic E-state index is 12.8. The number of carbonyl (C=O) groups is 1. The van der Waals surface area contributed by atoms with E-state index in [2.05, 4.69) is 26.1 Å². The highest BCUT2D eigenvalue weighted by atomic mass is 79.9. The largest absolute Gasteiger partial charge is 0.497 e. The zero-order chi connectivity index (χ0) is 20.4. The van der Waals surface area contributed by atoms with Crippen LogP contribution in [0.5, 0.6) is 11.5 Å². The van der Waals surface area contributed by atoms with Crippen LogP contribution in [0.2, 0.25) is 0 Å². The summed E-state index contributed by atoms with van der Waals surface area (Å²) in [6.07, 6.45) is 0.527. The van der Waals surface area contributed by atoms with Crippen molar-refractivity contribution >= 4 is 21.8 Å². The number of aromatic nitrogens is 2. The van der Waals surface area contributed by atoms with Gasteiger partial charge in [0.25, 0.3) is 5.91 Å². The number of ether oxygens (including phenoxy) is 2. The number of likely N-dealkylation sites (tertiary alicyclic amines) is 1. The summed E-state index contributed by atoms with van der Waals surface area (Å²) in [7, 11) is 3.22. The first-order chi connectivity index (χ1) is 14.1. The van der Waals surface area contributed by atoms with Gasteiger partial charge in [0.1, 0.15) is 11.5 Å². The summed E-state index contributed by atoms with van der Waals surface area (Å²) in [5.74, 6) is 2.59. The number of amides is 1. The zero-order valence-electron chi connectivity index (χ0n) is 16.1. The molecule has 1 aliphatic heterocycles. The van der Waals surface area contributed by atoms with Gasteiger partial charge in [-0.2, -0.15) is 4.98 Å². The van der Waals surface area contributed by atoms with Gasteiger partial charge in [-0.05, 0) is 40.2 Å². The quantitative estimate of drug-likeness (QED) is 0.561. The second-order valence-electron chi connectivity index (χ2n) is 6.79. The summed E-state index contributed by atoms with van der Waals surface area (Å²) in [4.78, 5) is 19.0. The summed E-state index contributed by atoms with van der Waals surface area (Å²) in [6, 6.07) is 13.1. The molecule has 1 aliphatic rings. The van der Waals surface area contributed by atoms with Crippen molar-refractivity contribution in [1.82, 2.24) is 15.0 Å². The Morgan fingerprint density at radius 3 is 2.76 bits per heavy atom. The van der Waals surface area contributed by atoms with Crippen LogP contribution in [0.25, 0.3) is 0 Å². The van der Waals surface area contributed by atoms with Crippen molar-refractivity contribution in [2.45, 2.75) is 12.3 Å². The Kier molecular flexibility index (Phi) is 5.53. The van der Waals surface area contributed by atoms with Gasteiger partial charge < -0.3 is 18.9 Å². The smallest absolute Gasteiger partial charge is 0.255 e. The Bertz CT molecular complexity index is 1030. The van der Waals surface area contributed by atoms with Gasteiger partial charge in [-0.25, -0.2) is 0 Å². The molecule has 0 unspecified atom stereocenters. The minimum atomic E-state index is -0.0548. The molecule has 7 nitrogen and oxygen atoms in total. The molecule has 8 heteroatoms. The summed E-state index contributed by atoms with van der Waals surface area (Å²) < 4.78 is 16.8. The number of nitrogens with zero attached hydrogens (tertiary/aromatic N) is 3. The van der Waals surface area contributed by atoms with Crippen molar-refractivity contribution in [1.29, 1.82) is 0 Å². The molecule has 1 aromatic heterocycles. The molecule has 0 aliphatic carbocycles. The SMILES string of the molecule is COc1ccc(Br)c(C(=O)N2CC(c3nc(Cc4ccccc4OC)no3)C2)c1. The number of carbonyl (C=O) groups excluding carboxylic acids is 1. The van der Waals surface area contributed by atoms with Crippen LogP contribution in [0.4, 0.5) is 0 Å². The van der Waals surface area contributed by atoms with Crippen LogP contribution in [0.15, 0.2) is 51.5 Å². The lowest BCUT2D eigenvalue weighted by Gasteiger charge is -2.37. The minimum absolute atomic E-state index is 0.0438. The number of para-hydroxylation sites is 1. The standard InChI is InChI=1S/C21H20BrN3O4/c1-27-15-7-8-17(22)16(10-15)21(26)25-11-14(12-25)20-23-19(24-29-20)9-13-5-3-4-6-18(13)28-2/h3-8,10,14H,9,11-12H2,1-2H3. The Morgan fingerprint density at radius 1 is 1.21 bits per heavy atom. The molecule has 0 saturated carbocycles. The lowest BCUT2D eigenvalue weighted by molar-refractivity contribution is 0.0568. The third-order valence-electron chi connectivity index (χ3n) is 4.95. The number of benzene rings is 2. The number of hydrogen-bond acceptors (Lipinski definition) is 6. The fraction of sp³-hybridized carbons (Fsp3) is 0.286. The lowest BCUT2D eigenvalue weighted by Crippen LogP contribution is -2.48. The first kappa shape index (κ1) is 19.4. The summed E-state index contributed by atoms with van der Waals surface area (Å²) >= 11 is 3.43. The van der Waals surface area contributed by atoms with Crippen LogP contribution < -0.4 is 9.47 Å². The van der Waals surface area contributed by atoms with E-state index in [1.54, 1.807) is 25.2 Å². The maximum absolute atomic E-state index is 12.8. The van der Waals surface area contributed by atoms with Crippen molar-refractivity contribution in [2.75, 3.05) is 27.3 Å². The van der Waals surface area contributed by atoms with Gasteiger partial charge >= 0.3 is 0 Å². The van der Waals surface area contributed by atoms with Crippen molar-refractivity contribution in [3.05, 3.63) is 69.8 Å². The predicted molar refractivity (Wildman–Crippen MR) is 109 cm³/mol. The van der Waals surface area contributed by atoms with E-state index in [1.165, 1.54) is 0 Å². The second-order valence-corrected chi connectivity index (χ2v) is 7.64. The molecular weight excluding hydrogens is 438 g/mol. The average molecular weight is 458 g/mol. The molecule has 0 atom stereocenters. The van der Waals surface area contributed by atoms with Gasteiger partial charge in [0, 0.05) is 29.5 Å². The van der Waals surface area contributed by atoms with Crippen molar-refractivity contribution in [3.8, 4) is 11.5 Å². The molecule has 0 radical (unpaired) electrons. The predicted octanol–water partition coefficient (Wildman–Crippen LogP) is 3.68. The van der Waals surface area contributed by atoms with E-state index in [4.69, 9.17) is 14.0 Å². The van der Waals surface area contributed by atoms with E-state index >= 15 is 0 Å². The molecule has 1 saturated heterocycles. The van der Waals surface area contributed by atoms with E-state index in [-0.39, 0.29) is 11.8 Å². The third-order valence-corrected chi connectivity index (χ3v) is 5.64. The second kappa shape index (κ2) is 8.24. The van der Waals surface area contributed by atoms with Crippen LogP contribution >= 0.6 is 15.9 Å². The van der Waals surface area contributed by atoms with Crippen LogP contribution in [0, 0.1) is 0 Å². The minimum Gasteiger partial charge on any atom is -0.497 e. The number of rotatable bonds is 6. The Hall–Kier alpha value is -2.87. The van der Waals surface area contributed by atoms with Crippen LogP contribution in [0.1, 0.15) is 33.6 Å². The number of hydrogen-bond donors (Lipinski definition) is 0. The number of methoxy groups -OCH3 is 2. The van der Waals surface area contributed by atoms with Crippen molar-refractivity contribution in [2.24, 2.45) is 0 Å². The molecule has 2 aromatic carbocycles. The lowest BCUT2D eigenvalue weighted by atomic mass is 9.98. The summed E-state index contributed by atoms with van der Waals surface area (Å²) in [6.45, 7) is 1.08. The maximum Gasteiger partial charge on any atom is 0.255 e. The highest BCUT2D eigenvalue weighted by molar-refractivity contribution is 9.10. The zero-order valence-corrected chi connectivity index (χ0v) is 17.7. The highest BCUT2D eigenvalue weighted by Gasteiger charge is 2.36. The molecule has 150 valence electrons. The fourth-order valence-corrected chi connectivity index (χ4v) is 3.71. The first-order valence-corrected chi connectivity index (χ1v) is 9.95. The van der Waals surface area contributed by atoms with E-state index in [9.17, 15) is 4.79 Å². The van der Waals surface area contributed by atoms with E-state index in [0.29, 0.717) is 42.5 Å². The van der Waals surface area contributed by atoms with Crippen LogP contribution in [-0.2, 0) is 6.42 Å². The summed E-state index contributed by atoms with van der Waals surface area (Å²) in [5, 5.41) is 4.09. The molecule has 0 bridgehead atoms. The topological polar surface area (TPSA) is 77.7 Å². The monoisotopic (exact) mass is 457 g/mol. The Morgan fingerprint density at radius 2 is 2.00 bits per heavy atom. The fourth-order valence-electron chi connectivity index (χ4n) is 3.29. The van der Waals surface area contributed by atoms with Gasteiger partial charge in [-0.3, -0.25) is 4.79 Å². The molecular formula is C21H20BrN3O4. The average Bonchev–Trinajstić information content (AvgIpc) is 3.15. The van der Waals surface area contributed by atoms with E-state index < -0.39 is 0 Å². The molecule has 4 rings (SSSR count). The van der Waals surface area contributed by atoms with Gasteiger partial charge in [-0.15, -0.1) is 0 Å².